The molecule has 0 aromatic heterocycles. The summed E-state index contributed by atoms with van der Waals surface area (Å²) in [5.41, 5.74) is 1.14. The van der Waals surface area contributed by atoms with Crippen molar-refractivity contribution in [1.29, 1.82) is 0 Å². The van der Waals surface area contributed by atoms with E-state index in [1.54, 1.807) is 7.11 Å². The molecular formula is C13H20BrN3O. The maximum Gasteiger partial charge on any atom is 0.195 e. The lowest BCUT2D eigenvalue weighted by atomic mass is 10.2. The highest BCUT2D eigenvalue weighted by Crippen LogP contribution is 2.25. The van der Waals surface area contributed by atoms with Gasteiger partial charge in [0.05, 0.1) is 18.1 Å². The van der Waals surface area contributed by atoms with Gasteiger partial charge in [-0.3, -0.25) is 0 Å². The number of hydrogen-bond acceptors (Lipinski definition) is 2. The lowest BCUT2D eigenvalue weighted by molar-refractivity contribution is 0.412. The predicted octanol–water partition coefficient (Wildman–Crippen LogP) is 2.44. The van der Waals surface area contributed by atoms with Gasteiger partial charge in [-0.15, -0.1) is 0 Å². The second kappa shape index (κ2) is 6.64. The average molecular weight is 314 g/mol. The molecule has 1 rings (SSSR count). The number of ether oxygens (including phenoxy) is 1. The third-order valence-electron chi connectivity index (χ3n) is 2.42. The molecule has 0 amide bonds. The van der Waals surface area contributed by atoms with E-state index < -0.39 is 0 Å². The summed E-state index contributed by atoms with van der Waals surface area (Å²) >= 11 is 3.48. The van der Waals surface area contributed by atoms with Gasteiger partial charge >= 0.3 is 0 Å². The SMILES string of the molecule is COc1ccc(CN=C(N(C)C)N(C)C)cc1Br. The summed E-state index contributed by atoms with van der Waals surface area (Å²) in [6.07, 6.45) is 0. The van der Waals surface area contributed by atoms with Crippen molar-refractivity contribution in [3.8, 4) is 5.75 Å². The summed E-state index contributed by atoms with van der Waals surface area (Å²) in [6, 6.07) is 6.00. The van der Waals surface area contributed by atoms with Crippen molar-refractivity contribution in [3.63, 3.8) is 0 Å². The molecule has 100 valence electrons. The minimum atomic E-state index is 0.647. The van der Waals surface area contributed by atoms with Gasteiger partial charge in [-0.1, -0.05) is 6.07 Å². The summed E-state index contributed by atoms with van der Waals surface area (Å²) in [6.45, 7) is 0.647. The molecule has 5 heteroatoms. The van der Waals surface area contributed by atoms with Crippen LogP contribution in [-0.2, 0) is 6.54 Å². The molecule has 0 radical (unpaired) electrons. The van der Waals surface area contributed by atoms with Crippen LogP contribution in [0.15, 0.2) is 27.7 Å². The predicted molar refractivity (Wildman–Crippen MR) is 79.2 cm³/mol. The zero-order chi connectivity index (χ0) is 13.7. The van der Waals surface area contributed by atoms with Crippen LogP contribution in [0.2, 0.25) is 0 Å². The molecule has 0 aliphatic heterocycles. The average Bonchev–Trinajstić information content (AvgIpc) is 2.28. The highest BCUT2D eigenvalue weighted by atomic mass is 79.9. The van der Waals surface area contributed by atoms with E-state index >= 15 is 0 Å². The lowest BCUT2D eigenvalue weighted by Gasteiger charge is -2.22. The lowest BCUT2D eigenvalue weighted by Crippen LogP contribution is -2.35. The van der Waals surface area contributed by atoms with Crippen LogP contribution in [0.1, 0.15) is 5.56 Å². The maximum absolute atomic E-state index is 5.20. The molecule has 0 N–H and O–H groups in total. The first-order valence-corrected chi connectivity index (χ1v) is 6.46. The minimum Gasteiger partial charge on any atom is -0.496 e. The highest BCUT2D eigenvalue weighted by Gasteiger charge is 2.05. The molecule has 0 saturated heterocycles. The van der Waals surface area contributed by atoms with Gasteiger partial charge in [0.25, 0.3) is 0 Å². The first kappa shape index (κ1) is 14.8. The van der Waals surface area contributed by atoms with E-state index in [0.717, 1.165) is 21.7 Å². The molecule has 0 fully saturated rings. The Kier molecular flexibility index (Phi) is 5.47. The summed E-state index contributed by atoms with van der Waals surface area (Å²) in [7, 11) is 9.62. The van der Waals surface area contributed by atoms with Crippen molar-refractivity contribution in [2.24, 2.45) is 4.99 Å². The molecule has 0 unspecified atom stereocenters. The van der Waals surface area contributed by atoms with E-state index in [0.29, 0.717) is 6.54 Å². The fourth-order valence-electron chi connectivity index (χ4n) is 1.65. The molecule has 0 atom stereocenters. The molecule has 18 heavy (non-hydrogen) atoms. The Labute approximate surface area is 117 Å². The van der Waals surface area contributed by atoms with Gasteiger partial charge in [0.1, 0.15) is 5.75 Å². The largest absolute Gasteiger partial charge is 0.496 e. The Bertz CT molecular complexity index is 420. The van der Waals surface area contributed by atoms with E-state index in [-0.39, 0.29) is 0 Å². The monoisotopic (exact) mass is 313 g/mol. The molecule has 4 nitrogen and oxygen atoms in total. The van der Waals surface area contributed by atoms with Crippen LogP contribution in [0.3, 0.4) is 0 Å². The Morgan fingerprint density at radius 3 is 2.28 bits per heavy atom. The van der Waals surface area contributed by atoms with Crippen LogP contribution in [0.25, 0.3) is 0 Å². The first-order valence-electron chi connectivity index (χ1n) is 5.67. The molecule has 0 bridgehead atoms. The second-order valence-corrected chi connectivity index (χ2v) is 5.23. The second-order valence-electron chi connectivity index (χ2n) is 4.37. The normalized spacial score (nSPS) is 9.89. The van der Waals surface area contributed by atoms with Crippen LogP contribution in [0, 0.1) is 0 Å². The minimum absolute atomic E-state index is 0.647. The Morgan fingerprint density at radius 1 is 1.22 bits per heavy atom. The Morgan fingerprint density at radius 2 is 1.83 bits per heavy atom. The van der Waals surface area contributed by atoms with Crippen molar-refractivity contribution in [2.75, 3.05) is 35.3 Å². The molecule has 1 aromatic carbocycles. The number of nitrogens with zero attached hydrogens (tertiary/aromatic N) is 3. The number of methoxy groups -OCH3 is 1. The van der Waals surface area contributed by atoms with Gasteiger partial charge in [-0.25, -0.2) is 4.99 Å². The number of guanidine groups is 1. The van der Waals surface area contributed by atoms with Crippen molar-refractivity contribution in [2.45, 2.75) is 6.54 Å². The third-order valence-corrected chi connectivity index (χ3v) is 3.04. The zero-order valence-electron chi connectivity index (χ0n) is 11.6. The highest BCUT2D eigenvalue weighted by molar-refractivity contribution is 9.10. The zero-order valence-corrected chi connectivity index (χ0v) is 13.2. The van der Waals surface area contributed by atoms with Gasteiger partial charge in [-0.2, -0.15) is 0 Å². The number of hydrogen-bond donors (Lipinski definition) is 0. The Balaban J connectivity index is 2.85. The van der Waals surface area contributed by atoms with E-state index in [4.69, 9.17) is 4.74 Å². The molecule has 1 aromatic rings. The first-order chi connectivity index (χ1) is 8.45. The van der Waals surface area contributed by atoms with Crippen LogP contribution in [0.4, 0.5) is 0 Å². The fraction of sp³-hybridized carbons (Fsp3) is 0.462. The van der Waals surface area contributed by atoms with Crippen molar-refractivity contribution in [1.82, 2.24) is 9.80 Å². The summed E-state index contributed by atoms with van der Waals surface area (Å²) in [5.74, 6) is 1.78. The van der Waals surface area contributed by atoms with Crippen molar-refractivity contribution in [3.05, 3.63) is 28.2 Å². The van der Waals surface area contributed by atoms with Gasteiger partial charge in [0.2, 0.25) is 0 Å². The molecular weight excluding hydrogens is 294 g/mol. The number of rotatable bonds is 3. The van der Waals surface area contributed by atoms with Crippen LogP contribution < -0.4 is 4.74 Å². The maximum atomic E-state index is 5.20. The van der Waals surface area contributed by atoms with Crippen molar-refractivity contribution < 1.29 is 4.74 Å². The quantitative estimate of drug-likeness (QED) is 0.634. The van der Waals surface area contributed by atoms with Crippen LogP contribution in [0.5, 0.6) is 5.75 Å². The third kappa shape index (κ3) is 3.91. The fourth-order valence-corrected chi connectivity index (χ4v) is 2.24. The van der Waals surface area contributed by atoms with Crippen molar-refractivity contribution >= 4 is 21.9 Å². The van der Waals surface area contributed by atoms with Gasteiger partial charge < -0.3 is 14.5 Å². The topological polar surface area (TPSA) is 28.1 Å². The van der Waals surface area contributed by atoms with Crippen LogP contribution >= 0.6 is 15.9 Å². The molecule has 0 spiro atoms. The summed E-state index contributed by atoms with van der Waals surface area (Å²) in [4.78, 5) is 8.59. The summed E-state index contributed by atoms with van der Waals surface area (Å²) in [5, 5.41) is 0. The van der Waals surface area contributed by atoms with Gasteiger partial charge in [0, 0.05) is 28.2 Å². The molecule has 0 aliphatic rings. The standard InChI is InChI=1S/C13H20BrN3O/c1-16(2)13(17(3)4)15-9-10-6-7-12(18-5)11(14)8-10/h6-8H,9H2,1-5H3. The number of aliphatic imine (C=N–C) groups is 1. The van der Waals surface area contributed by atoms with Gasteiger partial charge in [0.15, 0.2) is 5.96 Å². The Hall–Kier alpha value is -1.23. The smallest absolute Gasteiger partial charge is 0.195 e. The summed E-state index contributed by atoms with van der Waals surface area (Å²) < 4.78 is 6.16. The number of halogens is 1. The molecule has 0 saturated carbocycles. The molecule has 0 aliphatic carbocycles. The number of benzene rings is 1. The van der Waals surface area contributed by atoms with E-state index in [2.05, 4.69) is 20.9 Å². The van der Waals surface area contributed by atoms with Crippen LogP contribution in [-0.4, -0.2) is 51.1 Å². The van der Waals surface area contributed by atoms with E-state index in [1.807, 2.05) is 56.2 Å². The van der Waals surface area contributed by atoms with Gasteiger partial charge in [-0.05, 0) is 33.6 Å². The van der Waals surface area contributed by atoms with E-state index in [9.17, 15) is 0 Å². The molecule has 0 heterocycles. The van der Waals surface area contributed by atoms with E-state index in [1.165, 1.54) is 0 Å².